The zero-order valence-corrected chi connectivity index (χ0v) is 7.37. The summed E-state index contributed by atoms with van der Waals surface area (Å²) < 4.78 is 0. The van der Waals surface area contributed by atoms with Crippen LogP contribution in [0.1, 0.15) is 0 Å². The van der Waals surface area contributed by atoms with E-state index in [0.717, 1.165) is 11.3 Å². The summed E-state index contributed by atoms with van der Waals surface area (Å²) in [4.78, 5) is 0. The zero-order chi connectivity index (χ0) is 8.27. The summed E-state index contributed by atoms with van der Waals surface area (Å²) in [5.41, 5.74) is 2.54. The van der Waals surface area contributed by atoms with Crippen LogP contribution in [0.5, 0.6) is 0 Å². The SMILES string of the molecule is C=C1C=CC(CSC)=CC1=N. The largest absolute Gasteiger partial charge is 0.300 e. The van der Waals surface area contributed by atoms with Gasteiger partial charge in [-0.05, 0) is 23.5 Å². The van der Waals surface area contributed by atoms with Crippen molar-refractivity contribution < 1.29 is 0 Å². The molecule has 1 nitrogen and oxygen atoms in total. The number of nitrogens with one attached hydrogen (secondary N) is 1. The molecule has 0 spiro atoms. The Labute approximate surface area is 71.4 Å². The Balaban J connectivity index is 2.72. The van der Waals surface area contributed by atoms with Gasteiger partial charge in [-0.2, -0.15) is 11.8 Å². The highest BCUT2D eigenvalue weighted by Gasteiger charge is 2.03. The molecule has 0 saturated heterocycles. The van der Waals surface area contributed by atoms with Crippen molar-refractivity contribution in [2.75, 3.05) is 12.0 Å². The molecule has 2 heteroatoms. The third-order valence-corrected chi connectivity index (χ3v) is 2.11. The molecule has 1 aliphatic carbocycles. The number of allylic oxidation sites excluding steroid dienone is 4. The zero-order valence-electron chi connectivity index (χ0n) is 6.55. The quantitative estimate of drug-likeness (QED) is 0.667. The van der Waals surface area contributed by atoms with E-state index in [1.165, 1.54) is 5.57 Å². The summed E-state index contributed by atoms with van der Waals surface area (Å²) in [6, 6.07) is 0. The fraction of sp³-hybridized carbons (Fsp3) is 0.222. The lowest BCUT2D eigenvalue weighted by atomic mass is 10.0. The van der Waals surface area contributed by atoms with Crippen molar-refractivity contribution in [1.82, 2.24) is 0 Å². The van der Waals surface area contributed by atoms with Crippen molar-refractivity contribution in [3.05, 3.63) is 36.0 Å². The van der Waals surface area contributed by atoms with Gasteiger partial charge in [-0.3, -0.25) is 0 Å². The summed E-state index contributed by atoms with van der Waals surface area (Å²) in [6.45, 7) is 3.73. The van der Waals surface area contributed by atoms with Crippen molar-refractivity contribution in [3.63, 3.8) is 0 Å². The average molecular weight is 165 g/mol. The molecule has 58 valence electrons. The molecular weight excluding hydrogens is 154 g/mol. The van der Waals surface area contributed by atoms with Gasteiger partial charge in [-0.25, -0.2) is 0 Å². The van der Waals surface area contributed by atoms with E-state index in [9.17, 15) is 0 Å². The predicted octanol–water partition coefficient (Wildman–Crippen LogP) is 2.42. The number of hydrogen-bond donors (Lipinski definition) is 1. The highest BCUT2D eigenvalue weighted by atomic mass is 32.2. The molecule has 0 radical (unpaired) electrons. The van der Waals surface area contributed by atoms with E-state index in [-0.39, 0.29) is 0 Å². The molecular formula is C9H11NS. The molecule has 0 heterocycles. The maximum atomic E-state index is 7.47. The van der Waals surface area contributed by atoms with Gasteiger partial charge in [0.05, 0.1) is 5.71 Å². The fourth-order valence-corrected chi connectivity index (χ4v) is 1.39. The molecule has 0 saturated carbocycles. The van der Waals surface area contributed by atoms with Gasteiger partial charge in [0, 0.05) is 5.75 Å². The van der Waals surface area contributed by atoms with Gasteiger partial charge in [0.15, 0.2) is 0 Å². The molecule has 0 amide bonds. The van der Waals surface area contributed by atoms with Crippen LogP contribution in [0.4, 0.5) is 0 Å². The van der Waals surface area contributed by atoms with Gasteiger partial charge in [0.2, 0.25) is 0 Å². The van der Waals surface area contributed by atoms with Crippen LogP contribution in [0.25, 0.3) is 0 Å². The van der Waals surface area contributed by atoms with Crippen molar-refractivity contribution >= 4 is 17.5 Å². The monoisotopic (exact) mass is 165 g/mol. The van der Waals surface area contributed by atoms with Crippen molar-refractivity contribution in [2.24, 2.45) is 0 Å². The Morgan fingerprint density at radius 3 is 2.82 bits per heavy atom. The molecule has 0 aromatic carbocycles. The predicted molar refractivity (Wildman–Crippen MR) is 52.5 cm³/mol. The molecule has 0 aromatic rings. The Hall–Kier alpha value is -0.760. The average Bonchev–Trinajstić information content (AvgIpc) is 1.98. The van der Waals surface area contributed by atoms with E-state index in [2.05, 4.69) is 12.8 Å². The molecule has 1 aliphatic rings. The lowest BCUT2D eigenvalue weighted by Crippen LogP contribution is -2.00. The van der Waals surface area contributed by atoms with Crippen molar-refractivity contribution in [2.45, 2.75) is 0 Å². The lowest BCUT2D eigenvalue weighted by Gasteiger charge is -2.07. The topological polar surface area (TPSA) is 23.9 Å². The first-order valence-electron chi connectivity index (χ1n) is 3.39. The highest BCUT2D eigenvalue weighted by Crippen LogP contribution is 2.14. The summed E-state index contributed by atoms with van der Waals surface area (Å²) in [5, 5.41) is 7.47. The van der Waals surface area contributed by atoms with Gasteiger partial charge in [0.25, 0.3) is 0 Å². The van der Waals surface area contributed by atoms with Crippen molar-refractivity contribution in [1.29, 1.82) is 5.41 Å². The van der Waals surface area contributed by atoms with Crippen LogP contribution in [-0.4, -0.2) is 17.7 Å². The van der Waals surface area contributed by atoms with Gasteiger partial charge >= 0.3 is 0 Å². The standard InChI is InChI=1S/C9H11NS/c1-7-3-4-8(6-11-2)5-9(7)10/h3-5,10H,1,6H2,2H3. The molecule has 0 atom stereocenters. The van der Waals surface area contributed by atoms with E-state index < -0.39 is 0 Å². The molecule has 11 heavy (non-hydrogen) atoms. The fourth-order valence-electron chi connectivity index (χ4n) is 0.880. The smallest absolute Gasteiger partial charge is 0.0609 e. The first-order chi connectivity index (χ1) is 5.24. The van der Waals surface area contributed by atoms with Crippen LogP contribution in [0, 0.1) is 5.41 Å². The molecule has 0 aromatic heterocycles. The van der Waals surface area contributed by atoms with Crippen LogP contribution in [0.3, 0.4) is 0 Å². The van der Waals surface area contributed by atoms with Crippen LogP contribution in [0.2, 0.25) is 0 Å². The Bertz CT molecular complexity index is 248. The van der Waals surface area contributed by atoms with E-state index >= 15 is 0 Å². The normalized spacial score (nSPS) is 17.0. The number of hydrogen-bond acceptors (Lipinski definition) is 2. The van der Waals surface area contributed by atoms with E-state index in [1.54, 1.807) is 11.8 Å². The second-order valence-corrected chi connectivity index (χ2v) is 3.29. The van der Waals surface area contributed by atoms with E-state index in [4.69, 9.17) is 5.41 Å². The Morgan fingerprint density at radius 1 is 1.55 bits per heavy atom. The maximum Gasteiger partial charge on any atom is 0.0609 e. The number of thioether (sulfide) groups is 1. The summed E-state index contributed by atoms with van der Waals surface area (Å²) in [7, 11) is 0. The summed E-state index contributed by atoms with van der Waals surface area (Å²) in [5.74, 6) is 0.978. The van der Waals surface area contributed by atoms with Gasteiger partial charge in [-0.1, -0.05) is 18.7 Å². The van der Waals surface area contributed by atoms with Crippen LogP contribution in [-0.2, 0) is 0 Å². The lowest BCUT2D eigenvalue weighted by molar-refractivity contribution is 1.45. The summed E-state index contributed by atoms with van der Waals surface area (Å²) >= 11 is 1.77. The maximum absolute atomic E-state index is 7.47. The minimum atomic E-state index is 0.538. The molecule has 0 bridgehead atoms. The first-order valence-corrected chi connectivity index (χ1v) is 4.79. The molecule has 0 aliphatic heterocycles. The molecule has 0 fully saturated rings. The van der Waals surface area contributed by atoms with Gasteiger partial charge in [0.1, 0.15) is 0 Å². The van der Waals surface area contributed by atoms with Gasteiger partial charge in [-0.15, -0.1) is 0 Å². The third kappa shape index (κ3) is 2.09. The first kappa shape index (κ1) is 8.34. The minimum absolute atomic E-state index is 0.538. The Morgan fingerprint density at radius 2 is 2.27 bits per heavy atom. The van der Waals surface area contributed by atoms with Crippen molar-refractivity contribution in [3.8, 4) is 0 Å². The van der Waals surface area contributed by atoms with Crippen LogP contribution >= 0.6 is 11.8 Å². The third-order valence-electron chi connectivity index (χ3n) is 1.49. The van der Waals surface area contributed by atoms with E-state index in [1.807, 2.05) is 18.2 Å². The number of rotatable bonds is 2. The molecule has 1 rings (SSSR count). The second-order valence-electron chi connectivity index (χ2n) is 2.42. The Kier molecular flexibility index (Phi) is 2.71. The second kappa shape index (κ2) is 3.58. The van der Waals surface area contributed by atoms with Crippen LogP contribution in [0.15, 0.2) is 36.0 Å². The molecule has 1 N–H and O–H groups in total. The minimum Gasteiger partial charge on any atom is -0.300 e. The van der Waals surface area contributed by atoms with Crippen LogP contribution < -0.4 is 0 Å². The molecule has 0 unspecified atom stereocenters. The van der Waals surface area contributed by atoms with E-state index in [0.29, 0.717) is 5.71 Å². The summed E-state index contributed by atoms with van der Waals surface area (Å²) in [6.07, 6.45) is 7.85. The van der Waals surface area contributed by atoms with Gasteiger partial charge < -0.3 is 5.41 Å². The highest BCUT2D eigenvalue weighted by molar-refractivity contribution is 7.98.